The first-order chi connectivity index (χ1) is 14.8. The lowest BCUT2D eigenvalue weighted by atomic mass is 9.78. The second kappa shape index (κ2) is 8.88. The van der Waals surface area contributed by atoms with Crippen molar-refractivity contribution in [1.29, 1.82) is 0 Å². The predicted octanol–water partition coefficient (Wildman–Crippen LogP) is 5.92. The lowest BCUT2D eigenvalue weighted by Crippen LogP contribution is -2.40. The van der Waals surface area contributed by atoms with Crippen LogP contribution >= 0.6 is 0 Å². The molecule has 1 aliphatic carbocycles. The molecule has 0 saturated heterocycles. The van der Waals surface area contributed by atoms with Crippen molar-refractivity contribution in [3.63, 3.8) is 0 Å². The summed E-state index contributed by atoms with van der Waals surface area (Å²) in [5.74, 6) is 0.448. The Bertz CT molecular complexity index is 1080. The second-order valence-electron chi connectivity index (χ2n) is 9.48. The number of hydrogen-bond acceptors (Lipinski definition) is 2. The average molecular weight is 419 g/mol. The van der Waals surface area contributed by atoms with E-state index in [0.29, 0.717) is 36.7 Å². The summed E-state index contributed by atoms with van der Waals surface area (Å²) in [6, 6.07) is 15.1. The van der Waals surface area contributed by atoms with E-state index in [2.05, 4.69) is 75.5 Å². The molecule has 3 aromatic rings. The Balaban J connectivity index is 1.74. The van der Waals surface area contributed by atoms with Gasteiger partial charge in [-0.05, 0) is 49.3 Å². The van der Waals surface area contributed by atoms with Crippen LogP contribution in [-0.2, 0) is 13.1 Å². The van der Waals surface area contributed by atoms with Gasteiger partial charge < -0.3 is 15.0 Å². The first-order valence-corrected chi connectivity index (χ1v) is 11.5. The molecule has 1 saturated carbocycles. The molecule has 0 radical (unpaired) electrons. The zero-order chi connectivity index (χ0) is 22.1. The van der Waals surface area contributed by atoms with Crippen LogP contribution in [-0.4, -0.2) is 21.7 Å². The monoisotopic (exact) mass is 418 g/mol. The van der Waals surface area contributed by atoms with Crippen LogP contribution < -0.4 is 5.32 Å². The molecule has 1 heterocycles. The Morgan fingerprint density at radius 1 is 1.06 bits per heavy atom. The summed E-state index contributed by atoms with van der Waals surface area (Å²) in [4.78, 5) is 12.5. The molecule has 2 aromatic carbocycles. The Labute approximate surface area is 185 Å². The molecular formula is C27H34N2O2. The zero-order valence-electron chi connectivity index (χ0n) is 19.1. The van der Waals surface area contributed by atoms with Gasteiger partial charge in [0.25, 0.3) is 0 Å². The van der Waals surface area contributed by atoms with E-state index >= 15 is 0 Å². The molecule has 1 fully saturated rings. The highest BCUT2D eigenvalue weighted by Crippen LogP contribution is 2.32. The number of hydrogen-bond donors (Lipinski definition) is 2. The number of aromatic carboxylic acids is 1. The molecule has 4 heteroatoms. The first kappa shape index (κ1) is 21.6. The highest BCUT2D eigenvalue weighted by molar-refractivity contribution is 5.98. The highest BCUT2D eigenvalue weighted by atomic mass is 16.4. The van der Waals surface area contributed by atoms with Gasteiger partial charge in [-0.1, -0.05) is 68.7 Å². The van der Waals surface area contributed by atoms with E-state index in [0.717, 1.165) is 34.0 Å². The number of carbonyl (C=O) groups is 1. The minimum atomic E-state index is -0.858. The summed E-state index contributed by atoms with van der Waals surface area (Å²) in [6.07, 6.45) is 3.69. The van der Waals surface area contributed by atoms with Crippen LogP contribution in [0.1, 0.15) is 65.9 Å². The fourth-order valence-corrected chi connectivity index (χ4v) is 5.10. The quantitative estimate of drug-likeness (QED) is 0.522. The van der Waals surface area contributed by atoms with E-state index < -0.39 is 5.97 Å². The number of fused-ring (bicyclic) bond motifs is 1. The Hall–Kier alpha value is -2.59. The molecular weight excluding hydrogens is 384 g/mol. The van der Waals surface area contributed by atoms with Crippen molar-refractivity contribution in [3.8, 4) is 0 Å². The molecule has 4 nitrogen and oxygen atoms in total. The van der Waals surface area contributed by atoms with Gasteiger partial charge in [-0.25, -0.2) is 4.79 Å². The number of benzene rings is 2. The van der Waals surface area contributed by atoms with Gasteiger partial charge in [0.15, 0.2) is 0 Å². The van der Waals surface area contributed by atoms with E-state index in [9.17, 15) is 9.90 Å². The molecule has 2 N–H and O–H groups in total. The third-order valence-corrected chi connectivity index (χ3v) is 7.24. The van der Waals surface area contributed by atoms with Gasteiger partial charge in [-0.15, -0.1) is 0 Å². The maximum atomic E-state index is 12.5. The van der Waals surface area contributed by atoms with Crippen molar-refractivity contribution < 1.29 is 9.90 Å². The minimum absolute atomic E-state index is 0.408. The fourth-order valence-electron chi connectivity index (χ4n) is 5.10. The third-order valence-electron chi connectivity index (χ3n) is 7.24. The van der Waals surface area contributed by atoms with Gasteiger partial charge in [0, 0.05) is 35.6 Å². The van der Waals surface area contributed by atoms with E-state index in [4.69, 9.17) is 0 Å². The molecule has 0 spiro atoms. The largest absolute Gasteiger partial charge is 0.477 e. The van der Waals surface area contributed by atoms with Crippen LogP contribution in [0.2, 0.25) is 0 Å². The molecule has 0 amide bonds. The van der Waals surface area contributed by atoms with E-state index in [1.165, 1.54) is 18.4 Å². The van der Waals surface area contributed by atoms with Crippen LogP contribution in [0, 0.1) is 25.7 Å². The smallest absolute Gasteiger partial charge is 0.352 e. The molecule has 1 aliphatic rings. The lowest BCUT2D eigenvalue weighted by molar-refractivity contribution is 0.0684. The molecule has 3 atom stereocenters. The summed E-state index contributed by atoms with van der Waals surface area (Å²) >= 11 is 0. The summed E-state index contributed by atoms with van der Waals surface area (Å²) in [7, 11) is 0. The Kier molecular flexibility index (Phi) is 6.19. The number of nitrogens with one attached hydrogen (secondary N) is 1. The summed E-state index contributed by atoms with van der Waals surface area (Å²) in [5, 5.41) is 15.0. The number of carboxylic acids is 1. The fraction of sp³-hybridized carbons (Fsp3) is 0.444. The number of aromatic nitrogens is 1. The average Bonchev–Trinajstić information content (AvgIpc) is 3.03. The number of aryl methyl sites for hydroxylation is 2. The Morgan fingerprint density at radius 2 is 1.77 bits per heavy atom. The van der Waals surface area contributed by atoms with E-state index in [-0.39, 0.29) is 0 Å². The van der Waals surface area contributed by atoms with Crippen LogP contribution in [0.15, 0.2) is 42.5 Å². The number of carboxylic acid groups (broad SMARTS) is 1. The standard InChI is InChI=1S/C27H34N2O2/c1-17-8-11-21(12-9-17)16-29-25-14-18(2)10-13-22(25)23(26(29)27(30)31)15-28-24-7-5-6-19(3)20(24)4/h8-14,19-20,24,28H,5-7,15-16H2,1-4H3,(H,30,31). The van der Waals surface area contributed by atoms with Crippen molar-refractivity contribution >= 4 is 16.9 Å². The van der Waals surface area contributed by atoms with Gasteiger partial charge in [-0.2, -0.15) is 0 Å². The molecule has 4 rings (SSSR count). The van der Waals surface area contributed by atoms with Crippen molar-refractivity contribution in [3.05, 3.63) is 70.4 Å². The van der Waals surface area contributed by atoms with Gasteiger partial charge >= 0.3 is 5.97 Å². The van der Waals surface area contributed by atoms with Crippen LogP contribution in [0.3, 0.4) is 0 Å². The summed E-state index contributed by atoms with van der Waals surface area (Å²) in [6.45, 7) is 9.92. The topological polar surface area (TPSA) is 54.3 Å². The number of nitrogens with zero attached hydrogens (tertiary/aromatic N) is 1. The normalized spacial score (nSPS) is 21.5. The summed E-state index contributed by atoms with van der Waals surface area (Å²) < 4.78 is 1.99. The first-order valence-electron chi connectivity index (χ1n) is 11.5. The molecule has 3 unspecified atom stereocenters. The van der Waals surface area contributed by atoms with Gasteiger partial charge in [0.05, 0.1) is 0 Å². The molecule has 164 valence electrons. The zero-order valence-corrected chi connectivity index (χ0v) is 19.1. The van der Waals surface area contributed by atoms with Crippen molar-refractivity contribution in [1.82, 2.24) is 9.88 Å². The van der Waals surface area contributed by atoms with Crippen molar-refractivity contribution in [2.75, 3.05) is 0 Å². The van der Waals surface area contributed by atoms with Crippen molar-refractivity contribution in [2.45, 2.75) is 66.1 Å². The maximum Gasteiger partial charge on any atom is 0.352 e. The van der Waals surface area contributed by atoms with Crippen molar-refractivity contribution in [2.24, 2.45) is 11.8 Å². The van der Waals surface area contributed by atoms with Gasteiger partial charge in [-0.3, -0.25) is 0 Å². The third kappa shape index (κ3) is 4.40. The molecule has 0 aliphatic heterocycles. The summed E-state index contributed by atoms with van der Waals surface area (Å²) in [5.41, 5.74) is 5.77. The van der Waals surface area contributed by atoms with E-state index in [1.807, 2.05) is 4.57 Å². The van der Waals surface area contributed by atoms with Crippen LogP contribution in [0.4, 0.5) is 0 Å². The predicted molar refractivity (Wildman–Crippen MR) is 127 cm³/mol. The molecule has 31 heavy (non-hydrogen) atoms. The van der Waals surface area contributed by atoms with Gasteiger partial charge in [0.2, 0.25) is 0 Å². The molecule has 1 aromatic heterocycles. The van der Waals surface area contributed by atoms with Crippen LogP contribution in [0.25, 0.3) is 10.9 Å². The van der Waals surface area contributed by atoms with E-state index in [1.54, 1.807) is 0 Å². The van der Waals surface area contributed by atoms with Crippen LogP contribution in [0.5, 0.6) is 0 Å². The van der Waals surface area contributed by atoms with Gasteiger partial charge in [0.1, 0.15) is 5.69 Å². The highest BCUT2D eigenvalue weighted by Gasteiger charge is 2.28. The SMILES string of the molecule is Cc1ccc(Cn2c(C(=O)O)c(CNC3CCCC(C)C3C)c3ccc(C)cc32)cc1. The molecule has 0 bridgehead atoms. The Morgan fingerprint density at radius 3 is 2.48 bits per heavy atom. The maximum absolute atomic E-state index is 12.5. The lowest BCUT2D eigenvalue weighted by Gasteiger charge is -2.34. The number of rotatable bonds is 6. The second-order valence-corrected chi connectivity index (χ2v) is 9.48. The minimum Gasteiger partial charge on any atom is -0.477 e.